The molecule has 0 unspecified atom stereocenters. The van der Waals surface area contributed by atoms with E-state index in [9.17, 15) is 0 Å². The molecule has 0 aliphatic rings. The number of nitrogens with two attached hydrogens (primary N) is 1. The third-order valence-electron chi connectivity index (χ3n) is 2.77. The molecule has 0 aliphatic carbocycles. The van der Waals surface area contributed by atoms with Crippen molar-refractivity contribution in [3.05, 3.63) is 30.2 Å². The number of ether oxygens (including phenoxy) is 1. The Labute approximate surface area is 118 Å². The zero-order valence-electron chi connectivity index (χ0n) is 11.2. The highest BCUT2D eigenvalue weighted by Gasteiger charge is 2.18. The minimum atomic E-state index is -0.239. The van der Waals surface area contributed by atoms with Crippen LogP contribution in [0.5, 0.6) is 5.75 Å². The summed E-state index contributed by atoms with van der Waals surface area (Å²) in [6, 6.07) is 7.27. The third kappa shape index (κ3) is 3.45. The molecule has 6 heteroatoms. The highest BCUT2D eigenvalue weighted by Crippen LogP contribution is 2.24. The Hall–Kier alpha value is -1.59. The molecule has 0 radical (unpaired) electrons. The first kappa shape index (κ1) is 15.5. The van der Waals surface area contributed by atoms with Gasteiger partial charge < -0.3 is 15.0 Å². The van der Waals surface area contributed by atoms with Gasteiger partial charge in [-0.15, -0.1) is 12.4 Å². The minimum Gasteiger partial charge on any atom is -0.497 e. The van der Waals surface area contributed by atoms with E-state index in [1.54, 1.807) is 7.11 Å². The van der Waals surface area contributed by atoms with Gasteiger partial charge >= 0.3 is 0 Å². The largest absolute Gasteiger partial charge is 0.497 e. The zero-order valence-corrected chi connectivity index (χ0v) is 12.0. The van der Waals surface area contributed by atoms with E-state index in [1.165, 1.54) is 0 Å². The van der Waals surface area contributed by atoms with Crippen LogP contribution >= 0.6 is 12.4 Å². The molecule has 0 saturated heterocycles. The Balaban J connectivity index is 0.00000180. The number of halogens is 1. The predicted octanol–water partition coefficient (Wildman–Crippen LogP) is 2.82. The van der Waals surface area contributed by atoms with Gasteiger partial charge in [-0.3, -0.25) is 0 Å². The molecule has 2 rings (SSSR count). The molecule has 1 atom stereocenters. The molecule has 5 nitrogen and oxygen atoms in total. The molecular weight excluding hydrogens is 266 g/mol. The maximum atomic E-state index is 5.96. The first-order valence-corrected chi connectivity index (χ1v) is 5.85. The topological polar surface area (TPSA) is 74.2 Å². The van der Waals surface area contributed by atoms with E-state index in [0.717, 1.165) is 11.3 Å². The second-order valence-corrected chi connectivity index (χ2v) is 4.46. The molecule has 0 saturated carbocycles. The molecule has 0 spiro atoms. The van der Waals surface area contributed by atoms with Crippen LogP contribution in [-0.2, 0) is 0 Å². The molecule has 19 heavy (non-hydrogen) atoms. The van der Waals surface area contributed by atoms with Crippen molar-refractivity contribution >= 4 is 12.4 Å². The van der Waals surface area contributed by atoms with E-state index in [1.807, 2.05) is 38.1 Å². The molecule has 0 fully saturated rings. The monoisotopic (exact) mass is 283 g/mol. The van der Waals surface area contributed by atoms with Gasteiger partial charge in [-0.2, -0.15) is 4.98 Å². The van der Waals surface area contributed by atoms with Crippen molar-refractivity contribution in [2.45, 2.75) is 19.9 Å². The maximum absolute atomic E-state index is 5.96. The molecule has 1 aromatic heterocycles. The van der Waals surface area contributed by atoms with Crippen LogP contribution in [0, 0.1) is 5.92 Å². The van der Waals surface area contributed by atoms with Crippen LogP contribution in [0.3, 0.4) is 0 Å². The van der Waals surface area contributed by atoms with Gasteiger partial charge in [-0.25, -0.2) is 0 Å². The molecule has 0 amide bonds. The Morgan fingerprint density at radius 2 is 2.05 bits per heavy atom. The van der Waals surface area contributed by atoms with Gasteiger partial charge in [0.15, 0.2) is 0 Å². The van der Waals surface area contributed by atoms with Gasteiger partial charge in [0.2, 0.25) is 11.7 Å². The van der Waals surface area contributed by atoms with Crippen molar-refractivity contribution in [1.82, 2.24) is 10.1 Å². The maximum Gasteiger partial charge on any atom is 0.244 e. The fourth-order valence-corrected chi connectivity index (χ4v) is 1.54. The standard InChI is InChI=1S/C13H17N3O2.ClH/c1-8(2)11(14)13-15-12(16-18-13)9-5-4-6-10(7-9)17-3;/h4-8,11H,14H2,1-3H3;1H/t11-;/m0./s1. The summed E-state index contributed by atoms with van der Waals surface area (Å²) in [5.74, 6) is 2.00. The molecule has 2 aromatic rings. The average Bonchev–Trinajstić information content (AvgIpc) is 2.87. The second kappa shape index (κ2) is 6.54. The number of hydrogen-bond donors (Lipinski definition) is 1. The Morgan fingerprint density at radius 1 is 1.32 bits per heavy atom. The number of hydrogen-bond acceptors (Lipinski definition) is 5. The Kier molecular flexibility index (Phi) is 5.32. The number of benzene rings is 1. The second-order valence-electron chi connectivity index (χ2n) is 4.46. The van der Waals surface area contributed by atoms with Crippen molar-refractivity contribution in [2.75, 3.05) is 7.11 Å². The molecule has 1 heterocycles. The lowest BCUT2D eigenvalue weighted by Gasteiger charge is -2.09. The lowest BCUT2D eigenvalue weighted by Crippen LogP contribution is -2.16. The average molecular weight is 284 g/mol. The summed E-state index contributed by atoms with van der Waals surface area (Å²) in [5.41, 5.74) is 6.81. The number of nitrogens with zero attached hydrogens (tertiary/aromatic N) is 2. The highest BCUT2D eigenvalue weighted by molar-refractivity contribution is 5.85. The van der Waals surface area contributed by atoms with Crippen LogP contribution in [-0.4, -0.2) is 17.3 Å². The molecule has 0 bridgehead atoms. The number of aromatic nitrogens is 2. The first-order valence-electron chi connectivity index (χ1n) is 5.85. The van der Waals surface area contributed by atoms with Crippen molar-refractivity contribution < 1.29 is 9.26 Å². The van der Waals surface area contributed by atoms with Gasteiger partial charge in [0, 0.05) is 5.56 Å². The van der Waals surface area contributed by atoms with Gasteiger partial charge in [0.05, 0.1) is 13.2 Å². The van der Waals surface area contributed by atoms with E-state index < -0.39 is 0 Å². The van der Waals surface area contributed by atoms with Crippen molar-refractivity contribution in [3.8, 4) is 17.1 Å². The van der Waals surface area contributed by atoms with Gasteiger partial charge in [-0.1, -0.05) is 31.1 Å². The lowest BCUT2D eigenvalue weighted by atomic mass is 10.1. The summed E-state index contributed by atoms with van der Waals surface area (Å²) in [5, 5.41) is 3.94. The van der Waals surface area contributed by atoms with Crippen LogP contribution in [0.1, 0.15) is 25.8 Å². The van der Waals surface area contributed by atoms with Crippen molar-refractivity contribution in [1.29, 1.82) is 0 Å². The quantitative estimate of drug-likeness (QED) is 0.934. The van der Waals surface area contributed by atoms with E-state index in [4.69, 9.17) is 15.0 Å². The molecule has 2 N–H and O–H groups in total. The van der Waals surface area contributed by atoms with Crippen LogP contribution in [0.25, 0.3) is 11.4 Å². The van der Waals surface area contributed by atoms with Crippen LogP contribution in [0.15, 0.2) is 28.8 Å². The summed E-state index contributed by atoms with van der Waals surface area (Å²) >= 11 is 0. The van der Waals surface area contributed by atoms with Gasteiger partial charge in [-0.05, 0) is 18.1 Å². The SMILES string of the molecule is COc1cccc(-c2noc([C@@H](N)C(C)C)n2)c1.Cl. The van der Waals surface area contributed by atoms with Gasteiger partial charge in [0.1, 0.15) is 5.75 Å². The summed E-state index contributed by atoms with van der Waals surface area (Å²) in [6.07, 6.45) is 0. The molecular formula is C13H18ClN3O2. The smallest absolute Gasteiger partial charge is 0.244 e. The number of rotatable bonds is 4. The van der Waals surface area contributed by atoms with Crippen LogP contribution in [0.4, 0.5) is 0 Å². The normalized spacial score (nSPS) is 12.1. The Morgan fingerprint density at radius 3 is 2.68 bits per heavy atom. The lowest BCUT2D eigenvalue weighted by molar-refractivity contribution is 0.325. The summed E-state index contributed by atoms with van der Waals surface area (Å²) in [6.45, 7) is 4.03. The van der Waals surface area contributed by atoms with E-state index in [2.05, 4.69) is 10.1 Å². The van der Waals surface area contributed by atoms with Crippen molar-refractivity contribution in [2.24, 2.45) is 11.7 Å². The molecule has 0 aliphatic heterocycles. The van der Waals surface area contributed by atoms with Crippen LogP contribution < -0.4 is 10.5 Å². The zero-order chi connectivity index (χ0) is 13.1. The summed E-state index contributed by atoms with van der Waals surface area (Å²) in [4.78, 5) is 4.32. The van der Waals surface area contributed by atoms with Crippen LogP contribution in [0.2, 0.25) is 0 Å². The summed E-state index contributed by atoms with van der Waals surface area (Å²) < 4.78 is 10.3. The first-order chi connectivity index (χ1) is 8.61. The third-order valence-corrected chi connectivity index (χ3v) is 2.77. The summed E-state index contributed by atoms with van der Waals surface area (Å²) in [7, 11) is 1.62. The molecule has 104 valence electrons. The molecule has 1 aromatic carbocycles. The van der Waals surface area contributed by atoms with Crippen molar-refractivity contribution in [3.63, 3.8) is 0 Å². The highest BCUT2D eigenvalue weighted by atomic mass is 35.5. The van der Waals surface area contributed by atoms with Gasteiger partial charge in [0.25, 0.3) is 0 Å². The number of methoxy groups -OCH3 is 1. The Bertz CT molecular complexity index is 528. The van der Waals surface area contributed by atoms with E-state index >= 15 is 0 Å². The van der Waals surface area contributed by atoms with E-state index in [0.29, 0.717) is 11.7 Å². The fourth-order valence-electron chi connectivity index (χ4n) is 1.54. The van der Waals surface area contributed by atoms with E-state index in [-0.39, 0.29) is 24.4 Å². The predicted molar refractivity (Wildman–Crippen MR) is 75.3 cm³/mol. The minimum absolute atomic E-state index is 0. The fraction of sp³-hybridized carbons (Fsp3) is 0.385.